The zero-order chi connectivity index (χ0) is 14.5. The van der Waals surface area contributed by atoms with Crippen LogP contribution in [0.5, 0.6) is 0 Å². The number of carbonyl (C=O) groups is 1. The Hall–Kier alpha value is -1.35. The maximum atomic E-state index is 12.3. The first-order valence-electron chi connectivity index (χ1n) is 7.61. The Morgan fingerprint density at radius 3 is 2.80 bits per heavy atom. The Balaban J connectivity index is 1.85. The molecule has 3 nitrogen and oxygen atoms in total. The molecule has 2 rings (SSSR count). The van der Waals surface area contributed by atoms with E-state index in [0.29, 0.717) is 24.3 Å². The van der Waals surface area contributed by atoms with E-state index in [1.165, 1.54) is 11.1 Å². The van der Waals surface area contributed by atoms with Gasteiger partial charge < -0.3 is 10.2 Å². The molecule has 0 saturated carbocycles. The van der Waals surface area contributed by atoms with Crippen LogP contribution < -0.4 is 5.32 Å². The molecule has 2 unspecified atom stereocenters. The first kappa shape index (κ1) is 15.0. The van der Waals surface area contributed by atoms with Crippen LogP contribution in [-0.2, 0) is 11.2 Å². The van der Waals surface area contributed by atoms with Crippen molar-refractivity contribution in [3.63, 3.8) is 0 Å². The summed E-state index contributed by atoms with van der Waals surface area (Å²) >= 11 is 0. The van der Waals surface area contributed by atoms with Gasteiger partial charge in [-0.3, -0.25) is 4.79 Å². The van der Waals surface area contributed by atoms with Crippen molar-refractivity contribution in [1.82, 2.24) is 10.2 Å². The van der Waals surface area contributed by atoms with Gasteiger partial charge in [-0.1, -0.05) is 31.2 Å². The van der Waals surface area contributed by atoms with E-state index in [1.807, 2.05) is 24.1 Å². The van der Waals surface area contributed by atoms with Gasteiger partial charge >= 0.3 is 0 Å². The molecule has 0 radical (unpaired) electrons. The zero-order valence-corrected chi connectivity index (χ0v) is 12.9. The minimum Gasteiger partial charge on any atom is -0.342 e. The highest BCUT2D eigenvalue weighted by atomic mass is 16.2. The number of carbonyl (C=O) groups excluding carboxylic acids is 1. The third-order valence-electron chi connectivity index (χ3n) is 4.50. The molecule has 1 aromatic rings. The largest absolute Gasteiger partial charge is 0.342 e. The number of benzene rings is 1. The van der Waals surface area contributed by atoms with Crippen LogP contribution in [0.2, 0.25) is 0 Å². The number of hydrogen-bond donors (Lipinski definition) is 1. The fourth-order valence-electron chi connectivity index (χ4n) is 3.09. The van der Waals surface area contributed by atoms with Gasteiger partial charge in [0.25, 0.3) is 0 Å². The zero-order valence-electron chi connectivity index (χ0n) is 12.9. The van der Waals surface area contributed by atoms with Crippen LogP contribution in [0, 0.1) is 12.8 Å². The van der Waals surface area contributed by atoms with Gasteiger partial charge in [-0.2, -0.15) is 0 Å². The molecule has 1 aliphatic heterocycles. The van der Waals surface area contributed by atoms with Crippen LogP contribution in [0.25, 0.3) is 0 Å². The SMILES string of the molecule is CNC1CCN(C(=O)CCc2ccccc2C)CC1C. The molecule has 0 spiro atoms. The van der Waals surface area contributed by atoms with Crippen molar-refractivity contribution >= 4 is 5.91 Å². The molecule has 1 amide bonds. The van der Waals surface area contributed by atoms with Gasteiger partial charge in [0, 0.05) is 25.6 Å². The molecular formula is C17H26N2O. The summed E-state index contributed by atoms with van der Waals surface area (Å²) in [6, 6.07) is 8.88. The molecule has 3 heteroatoms. The molecule has 0 aromatic heterocycles. The molecule has 1 aliphatic rings. The van der Waals surface area contributed by atoms with Crippen molar-refractivity contribution in [3.05, 3.63) is 35.4 Å². The number of hydrogen-bond acceptors (Lipinski definition) is 2. The van der Waals surface area contributed by atoms with Gasteiger partial charge in [0.05, 0.1) is 0 Å². The third kappa shape index (κ3) is 3.60. The molecule has 1 fully saturated rings. The highest BCUT2D eigenvalue weighted by Gasteiger charge is 2.27. The monoisotopic (exact) mass is 274 g/mol. The second kappa shape index (κ2) is 6.89. The Kier molecular flexibility index (Phi) is 5.18. The second-order valence-corrected chi connectivity index (χ2v) is 5.93. The molecule has 20 heavy (non-hydrogen) atoms. The smallest absolute Gasteiger partial charge is 0.222 e. The summed E-state index contributed by atoms with van der Waals surface area (Å²) in [5.74, 6) is 0.839. The lowest BCUT2D eigenvalue weighted by atomic mass is 9.93. The normalized spacial score (nSPS) is 22.9. The molecule has 1 aromatic carbocycles. The van der Waals surface area contributed by atoms with Gasteiger partial charge in [-0.05, 0) is 43.9 Å². The standard InChI is InChI=1S/C17H26N2O/c1-13-6-4-5-7-15(13)8-9-17(20)19-11-10-16(18-3)14(2)12-19/h4-7,14,16,18H,8-12H2,1-3H3. The summed E-state index contributed by atoms with van der Waals surface area (Å²) in [5, 5.41) is 3.34. The van der Waals surface area contributed by atoms with E-state index in [4.69, 9.17) is 0 Å². The molecule has 0 aliphatic carbocycles. The number of nitrogens with zero attached hydrogens (tertiary/aromatic N) is 1. The minimum absolute atomic E-state index is 0.301. The molecule has 1 heterocycles. The van der Waals surface area contributed by atoms with Crippen molar-refractivity contribution in [1.29, 1.82) is 0 Å². The van der Waals surface area contributed by atoms with Gasteiger partial charge in [0.15, 0.2) is 0 Å². The number of rotatable bonds is 4. The first-order chi connectivity index (χ1) is 9.61. The predicted octanol–water partition coefficient (Wildman–Crippen LogP) is 2.38. The quantitative estimate of drug-likeness (QED) is 0.914. The summed E-state index contributed by atoms with van der Waals surface area (Å²) in [4.78, 5) is 14.4. The Bertz CT molecular complexity index is 458. The van der Waals surface area contributed by atoms with E-state index in [9.17, 15) is 4.79 Å². The van der Waals surface area contributed by atoms with E-state index in [-0.39, 0.29) is 0 Å². The van der Waals surface area contributed by atoms with Gasteiger partial charge in [-0.25, -0.2) is 0 Å². The summed E-state index contributed by atoms with van der Waals surface area (Å²) < 4.78 is 0. The van der Waals surface area contributed by atoms with Crippen molar-refractivity contribution in [2.24, 2.45) is 5.92 Å². The number of aryl methyl sites for hydroxylation is 2. The molecule has 1 saturated heterocycles. The molecule has 0 bridgehead atoms. The van der Waals surface area contributed by atoms with Gasteiger partial charge in [-0.15, -0.1) is 0 Å². The number of likely N-dealkylation sites (tertiary alicyclic amines) is 1. The summed E-state index contributed by atoms with van der Waals surface area (Å²) in [5.41, 5.74) is 2.57. The molecule has 1 N–H and O–H groups in total. The Labute approximate surface area is 122 Å². The Morgan fingerprint density at radius 1 is 1.40 bits per heavy atom. The molecule has 2 atom stereocenters. The van der Waals surface area contributed by atoms with Crippen LogP contribution in [0.1, 0.15) is 30.9 Å². The van der Waals surface area contributed by atoms with Crippen molar-refractivity contribution in [2.75, 3.05) is 20.1 Å². The second-order valence-electron chi connectivity index (χ2n) is 5.93. The van der Waals surface area contributed by atoms with E-state index in [2.05, 4.69) is 31.3 Å². The van der Waals surface area contributed by atoms with Crippen molar-refractivity contribution in [2.45, 2.75) is 39.2 Å². The topological polar surface area (TPSA) is 32.3 Å². The van der Waals surface area contributed by atoms with Gasteiger partial charge in [0.2, 0.25) is 5.91 Å². The van der Waals surface area contributed by atoms with Crippen molar-refractivity contribution < 1.29 is 4.79 Å². The predicted molar refractivity (Wildman–Crippen MR) is 82.7 cm³/mol. The Morgan fingerprint density at radius 2 is 2.15 bits per heavy atom. The van der Waals surface area contributed by atoms with Crippen LogP contribution in [0.15, 0.2) is 24.3 Å². The van der Waals surface area contributed by atoms with Crippen LogP contribution in [-0.4, -0.2) is 37.0 Å². The number of amides is 1. The highest BCUT2D eigenvalue weighted by molar-refractivity contribution is 5.76. The lowest BCUT2D eigenvalue weighted by Crippen LogP contribution is -2.49. The highest BCUT2D eigenvalue weighted by Crippen LogP contribution is 2.18. The fraction of sp³-hybridized carbons (Fsp3) is 0.588. The average molecular weight is 274 g/mol. The third-order valence-corrected chi connectivity index (χ3v) is 4.50. The summed E-state index contributed by atoms with van der Waals surface area (Å²) in [6.07, 6.45) is 2.54. The van der Waals surface area contributed by atoms with Crippen LogP contribution >= 0.6 is 0 Å². The fourth-order valence-corrected chi connectivity index (χ4v) is 3.09. The maximum absolute atomic E-state index is 12.3. The number of piperidine rings is 1. The van der Waals surface area contributed by atoms with Crippen molar-refractivity contribution in [3.8, 4) is 0 Å². The lowest BCUT2D eigenvalue weighted by molar-refractivity contribution is -0.133. The summed E-state index contributed by atoms with van der Waals surface area (Å²) in [7, 11) is 2.01. The minimum atomic E-state index is 0.301. The average Bonchev–Trinajstić information content (AvgIpc) is 2.46. The lowest BCUT2D eigenvalue weighted by Gasteiger charge is -2.37. The van der Waals surface area contributed by atoms with Gasteiger partial charge in [0.1, 0.15) is 0 Å². The van der Waals surface area contributed by atoms with E-state index < -0.39 is 0 Å². The van der Waals surface area contributed by atoms with Crippen LogP contribution in [0.4, 0.5) is 0 Å². The van der Waals surface area contributed by atoms with E-state index >= 15 is 0 Å². The van der Waals surface area contributed by atoms with Crippen LogP contribution in [0.3, 0.4) is 0 Å². The van der Waals surface area contributed by atoms with E-state index in [0.717, 1.165) is 25.9 Å². The molecule has 110 valence electrons. The number of nitrogens with one attached hydrogen (secondary N) is 1. The maximum Gasteiger partial charge on any atom is 0.222 e. The summed E-state index contributed by atoms with van der Waals surface area (Å²) in [6.45, 7) is 6.11. The van der Waals surface area contributed by atoms with E-state index in [1.54, 1.807) is 0 Å². The first-order valence-corrected chi connectivity index (χ1v) is 7.61. The molecular weight excluding hydrogens is 248 g/mol.